The lowest BCUT2D eigenvalue weighted by Gasteiger charge is -2.03. The zero-order chi connectivity index (χ0) is 10.2. The summed E-state index contributed by atoms with van der Waals surface area (Å²) in [5, 5.41) is 2.65. The molecular weight excluding hydrogens is 293 g/mol. The van der Waals surface area contributed by atoms with Crippen molar-refractivity contribution in [2.45, 2.75) is 6.61 Å². The summed E-state index contributed by atoms with van der Waals surface area (Å²) in [7, 11) is 0. The minimum Gasteiger partial charge on any atom is -0.375 e. The van der Waals surface area contributed by atoms with Crippen molar-refractivity contribution in [3.8, 4) is 0 Å². The van der Waals surface area contributed by atoms with Gasteiger partial charge in [-0.3, -0.25) is 4.79 Å². The normalized spacial score (nSPS) is 9.79. The molecule has 0 saturated carbocycles. The lowest BCUT2D eigenvalue weighted by atomic mass is 10.2. The minimum atomic E-state index is -0.0501. The number of hydrogen-bond donors (Lipinski definition) is 1. The van der Waals surface area contributed by atoms with E-state index in [2.05, 4.69) is 5.32 Å². The molecule has 0 aliphatic rings. The van der Waals surface area contributed by atoms with Gasteiger partial charge in [-0.2, -0.15) is 0 Å². The van der Waals surface area contributed by atoms with Crippen LogP contribution < -0.4 is 5.32 Å². The number of hydrogen-bond acceptors (Lipinski definition) is 2. The molecule has 76 valence electrons. The summed E-state index contributed by atoms with van der Waals surface area (Å²) in [6.45, 7) is 1.70. The first-order valence-electron chi connectivity index (χ1n) is 4.34. The lowest BCUT2D eigenvalue weighted by Crippen LogP contribution is -2.21. The third-order valence-corrected chi connectivity index (χ3v) is 2.00. The first-order chi connectivity index (χ1) is 6.79. The van der Waals surface area contributed by atoms with Crippen LogP contribution >= 0.6 is 22.6 Å². The van der Waals surface area contributed by atoms with Gasteiger partial charge in [0, 0.05) is 29.1 Å². The van der Waals surface area contributed by atoms with E-state index >= 15 is 0 Å². The zero-order valence-corrected chi connectivity index (χ0v) is 9.86. The van der Waals surface area contributed by atoms with Gasteiger partial charge < -0.3 is 10.1 Å². The number of amides is 1. The van der Waals surface area contributed by atoms with Crippen molar-refractivity contribution in [2.75, 3.05) is 13.2 Å². The van der Waals surface area contributed by atoms with Crippen molar-refractivity contribution in [3.05, 3.63) is 35.9 Å². The molecular formula is C10H12INO2. The predicted octanol–water partition coefficient (Wildman–Crippen LogP) is 2.35. The topological polar surface area (TPSA) is 38.3 Å². The molecule has 0 fully saturated rings. The summed E-state index contributed by atoms with van der Waals surface area (Å²) in [5.74, 6) is 0. The zero-order valence-electron chi connectivity index (χ0n) is 7.70. The lowest BCUT2D eigenvalue weighted by molar-refractivity contribution is 0.124. The molecule has 0 unspecified atom stereocenters. The van der Waals surface area contributed by atoms with E-state index in [-0.39, 0.29) is 3.91 Å². The van der Waals surface area contributed by atoms with E-state index in [0.29, 0.717) is 19.8 Å². The molecule has 0 aliphatic carbocycles. The monoisotopic (exact) mass is 305 g/mol. The van der Waals surface area contributed by atoms with Crippen LogP contribution in [0.15, 0.2) is 30.3 Å². The third-order valence-electron chi connectivity index (χ3n) is 1.62. The smallest absolute Gasteiger partial charge is 0.280 e. The molecule has 0 bridgehead atoms. The molecule has 3 nitrogen and oxygen atoms in total. The highest BCUT2D eigenvalue weighted by Gasteiger charge is 1.93. The highest BCUT2D eigenvalue weighted by atomic mass is 127. The van der Waals surface area contributed by atoms with Crippen LogP contribution in [-0.4, -0.2) is 17.1 Å². The van der Waals surface area contributed by atoms with E-state index in [4.69, 9.17) is 4.74 Å². The molecule has 1 N–H and O–H groups in total. The van der Waals surface area contributed by atoms with E-state index in [1.807, 2.05) is 30.3 Å². The average molecular weight is 305 g/mol. The van der Waals surface area contributed by atoms with Gasteiger partial charge in [0.15, 0.2) is 0 Å². The molecule has 0 radical (unpaired) electrons. The van der Waals surface area contributed by atoms with Crippen LogP contribution in [0, 0.1) is 0 Å². The van der Waals surface area contributed by atoms with E-state index in [1.54, 1.807) is 22.6 Å². The molecule has 0 atom stereocenters. The summed E-state index contributed by atoms with van der Waals surface area (Å²) < 4.78 is 5.30. The number of rotatable bonds is 5. The Balaban J connectivity index is 2.08. The maximum atomic E-state index is 10.5. The van der Waals surface area contributed by atoms with Crippen LogP contribution in [0.25, 0.3) is 0 Å². The molecule has 4 heteroatoms. The van der Waals surface area contributed by atoms with Gasteiger partial charge in [-0.1, -0.05) is 30.3 Å². The Morgan fingerprint density at radius 1 is 1.36 bits per heavy atom. The van der Waals surface area contributed by atoms with Crippen LogP contribution in [0.3, 0.4) is 0 Å². The molecule has 1 aromatic rings. The Labute approximate surface area is 97.0 Å². The average Bonchev–Trinajstić information content (AvgIpc) is 2.18. The van der Waals surface area contributed by atoms with Crippen LogP contribution in [0.4, 0.5) is 4.79 Å². The summed E-state index contributed by atoms with van der Waals surface area (Å²) in [4.78, 5) is 10.5. The molecule has 14 heavy (non-hydrogen) atoms. The van der Waals surface area contributed by atoms with Crippen molar-refractivity contribution >= 4 is 26.5 Å². The molecule has 1 rings (SSSR count). The van der Waals surface area contributed by atoms with E-state index in [0.717, 1.165) is 5.56 Å². The Hall–Kier alpha value is -0.620. The molecule has 0 aliphatic heterocycles. The summed E-state index contributed by atoms with van der Waals surface area (Å²) in [5.41, 5.74) is 1.15. The van der Waals surface area contributed by atoms with Crippen LogP contribution in [-0.2, 0) is 11.3 Å². The molecule has 0 spiro atoms. The number of halogens is 1. The number of benzene rings is 1. The van der Waals surface area contributed by atoms with Gasteiger partial charge in [-0.15, -0.1) is 0 Å². The van der Waals surface area contributed by atoms with E-state index < -0.39 is 0 Å². The Morgan fingerprint density at radius 2 is 2.07 bits per heavy atom. The fourth-order valence-electron chi connectivity index (χ4n) is 0.986. The summed E-state index contributed by atoms with van der Waals surface area (Å²) >= 11 is 1.70. The molecule has 0 aromatic heterocycles. The van der Waals surface area contributed by atoms with Crippen molar-refractivity contribution < 1.29 is 9.53 Å². The van der Waals surface area contributed by atoms with Gasteiger partial charge in [0.05, 0.1) is 13.2 Å². The Kier molecular flexibility index (Phi) is 5.55. The van der Waals surface area contributed by atoms with Gasteiger partial charge in [0.1, 0.15) is 0 Å². The number of carbonyl (C=O) groups is 1. The third kappa shape index (κ3) is 5.18. The van der Waals surface area contributed by atoms with Crippen LogP contribution in [0.1, 0.15) is 5.56 Å². The summed E-state index contributed by atoms with van der Waals surface area (Å²) in [6.07, 6.45) is 0. The van der Waals surface area contributed by atoms with Crippen LogP contribution in [0.2, 0.25) is 0 Å². The largest absolute Gasteiger partial charge is 0.375 e. The fourth-order valence-corrected chi connectivity index (χ4v) is 1.26. The molecule has 0 saturated heterocycles. The second kappa shape index (κ2) is 6.78. The van der Waals surface area contributed by atoms with Gasteiger partial charge in [0.25, 0.3) is 3.91 Å². The number of ether oxygens (including phenoxy) is 1. The highest BCUT2D eigenvalue weighted by Crippen LogP contribution is 1.99. The fraction of sp³-hybridized carbons (Fsp3) is 0.300. The Bertz CT molecular complexity index is 277. The second-order valence-electron chi connectivity index (χ2n) is 2.74. The van der Waals surface area contributed by atoms with Crippen molar-refractivity contribution in [2.24, 2.45) is 0 Å². The maximum absolute atomic E-state index is 10.5. The number of nitrogens with one attached hydrogen (secondary N) is 1. The predicted molar refractivity (Wildman–Crippen MR) is 63.5 cm³/mol. The molecule has 1 amide bonds. The van der Waals surface area contributed by atoms with E-state index in [9.17, 15) is 4.79 Å². The SMILES string of the molecule is O=C(I)NCCOCc1ccccc1. The molecule has 0 heterocycles. The molecule has 1 aromatic carbocycles. The van der Waals surface area contributed by atoms with Crippen molar-refractivity contribution in [1.82, 2.24) is 5.32 Å². The van der Waals surface area contributed by atoms with Gasteiger partial charge in [-0.25, -0.2) is 0 Å². The first kappa shape index (κ1) is 11.5. The van der Waals surface area contributed by atoms with E-state index in [1.165, 1.54) is 0 Å². The number of carbonyl (C=O) groups excluding carboxylic acids is 1. The van der Waals surface area contributed by atoms with Gasteiger partial charge >= 0.3 is 0 Å². The highest BCUT2D eigenvalue weighted by molar-refractivity contribution is 14.1. The van der Waals surface area contributed by atoms with Gasteiger partial charge in [0.2, 0.25) is 0 Å². The Morgan fingerprint density at radius 3 is 2.71 bits per heavy atom. The minimum absolute atomic E-state index is 0.0501. The first-order valence-corrected chi connectivity index (χ1v) is 5.42. The second-order valence-corrected chi connectivity index (χ2v) is 3.72. The summed E-state index contributed by atoms with van der Waals surface area (Å²) in [6, 6.07) is 9.95. The quantitative estimate of drug-likeness (QED) is 0.392. The standard InChI is InChI=1S/C10H12INO2/c11-10(13)12-6-7-14-8-9-4-2-1-3-5-9/h1-5H,6-8H2,(H,12,13). The van der Waals surface area contributed by atoms with Gasteiger partial charge in [-0.05, 0) is 5.56 Å². The van der Waals surface area contributed by atoms with Crippen LogP contribution in [0.5, 0.6) is 0 Å². The van der Waals surface area contributed by atoms with Crippen molar-refractivity contribution in [3.63, 3.8) is 0 Å². The maximum Gasteiger partial charge on any atom is 0.280 e. The van der Waals surface area contributed by atoms with Crippen molar-refractivity contribution in [1.29, 1.82) is 0 Å².